The van der Waals surface area contributed by atoms with Crippen LogP contribution < -0.4 is 0 Å². The summed E-state index contributed by atoms with van der Waals surface area (Å²) < 4.78 is 0. The number of piperidine rings is 1. The summed E-state index contributed by atoms with van der Waals surface area (Å²) >= 11 is 0. The molecule has 0 aromatic heterocycles. The standard InChI is InChI=1S/C12H22NO/c1-6-7-13-11(2,3)8-10(14)9-12(13,4)5/h1,6-9H2,2-5H3. The largest absolute Gasteiger partial charge is 0.300 e. The van der Waals surface area contributed by atoms with Crippen molar-refractivity contribution in [3.8, 4) is 0 Å². The highest BCUT2D eigenvalue weighted by molar-refractivity contribution is 5.81. The molecule has 1 saturated heterocycles. The van der Waals surface area contributed by atoms with E-state index >= 15 is 0 Å². The van der Waals surface area contributed by atoms with E-state index in [1.54, 1.807) is 0 Å². The molecule has 2 nitrogen and oxygen atoms in total. The third-order valence-electron chi connectivity index (χ3n) is 3.10. The van der Waals surface area contributed by atoms with Gasteiger partial charge in [-0.25, -0.2) is 0 Å². The minimum absolute atomic E-state index is 0.00345. The molecule has 0 N–H and O–H groups in total. The fourth-order valence-corrected chi connectivity index (χ4v) is 2.80. The van der Waals surface area contributed by atoms with Crippen molar-refractivity contribution in [1.29, 1.82) is 0 Å². The van der Waals surface area contributed by atoms with Gasteiger partial charge in [-0.05, 0) is 40.7 Å². The summed E-state index contributed by atoms with van der Waals surface area (Å²) in [6.07, 6.45) is 2.26. The van der Waals surface area contributed by atoms with Gasteiger partial charge >= 0.3 is 0 Å². The molecule has 0 atom stereocenters. The van der Waals surface area contributed by atoms with E-state index in [4.69, 9.17) is 0 Å². The van der Waals surface area contributed by atoms with Crippen LogP contribution in [0, 0.1) is 6.92 Å². The van der Waals surface area contributed by atoms with Gasteiger partial charge in [0.05, 0.1) is 0 Å². The molecular formula is C12H22NO. The number of carbonyl (C=O) groups is 1. The lowest BCUT2D eigenvalue weighted by molar-refractivity contribution is -0.133. The lowest BCUT2D eigenvalue weighted by Crippen LogP contribution is -2.60. The molecule has 0 amide bonds. The Bertz CT molecular complexity index is 210. The van der Waals surface area contributed by atoms with Gasteiger partial charge in [0.1, 0.15) is 5.78 Å². The van der Waals surface area contributed by atoms with Crippen LogP contribution in [0.2, 0.25) is 0 Å². The Hall–Kier alpha value is -0.370. The second kappa shape index (κ2) is 3.65. The van der Waals surface area contributed by atoms with Crippen molar-refractivity contribution in [2.75, 3.05) is 6.54 Å². The smallest absolute Gasteiger partial charge is 0.136 e. The second-order valence-electron chi connectivity index (χ2n) is 5.52. The molecule has 0 bridgehead atoms. The van der Waals surface area contributed by atoms with E-state index in [0.29, 0.717) is 18.6 Å². The highest BCUT2D eigenvalue weighted by atomic mass is 16.1. The Morgan fingerprint density at radius 3 is 2.00 bits per heavy atom. The van der Waals surface area contributed by atoms with Gasteiger partial charge in [-0.1, -0.05) is 6.92 Å². The van der Waals surface area contributed by atoms with Gasteiger partial charge in [0.25, 0.3) is 0 Å². The third-order valence-corrected chi connectivity index (χ3v) is 3.10. The van der Waals surface area contributed by atoms with Crippen molar-refractivity contribution in [2.45, 2.75) is 58.0 Å². The van der Waals surface area contributed by atoms with Crippen LogP contribution in [0.1, 0.15) is 47.0 Å². The second-order valence-corrected chi connectivity index (χ2v) is 5.52. The molecule has 0 aromatic rings. The van der Waals surface area contributed by atoms with Crippen molar-refractivity contribution in [2.24, 2.45) is 0 Å². The zero-order valence-electron chi connectivity index (χ0n) is 9.89. The SMILES string of the molecule is [CH2]CCN1C(C)(C)CC(=O)CC1(C)C. The molecule has 1 radical (unpaired) electrons. The average Bonchev–Trinajstić information content (AvgIpc) is 1.94. The number of Topliss-reactive ketones (excluding diaryl/α,β-unsaturated/α-hetero) is 1. The molecular weight excluding hydrogens is 174 g/mol. The lowest BCUT2D eigenvalue weighted by Gasteiger charge is -2.52. The van der Waals surface area contributed by atoms with E-state index in [-0.39, 0.29) is 11.1 Å². The third kappa shape index (κ3) is 2.17. The summed E-state index contributed by atoms with van der Waals surface area (Å²) in [4.78, 5) is 14.0. The molecule has 1 heterocycles. The molecule has 1 aliphatic rings. The minimum Gasteiger partial charge on any atom is -0.300 e. The average molecular weight is 196 g/mol. The zero-order chi connectivity index (χ0) is 11.0. The molecule has 2 heteroatoms. The number of likely N-dealkylation sites (tertiary alicyclic amines) is 1. The molecule has 1 rings (SSSR count). The van der Waals surface area contributed by atoms with Crippen LogP contribution in [0.4, 0.5) is 0 Å². The summed E-state index contributed by atoms with van der Waals surface area (Å²) in [6, 6.07) is 0. The molecule has 0 saturated carbocycles. The number of nitrogens with zero attached hydrogens (tertiary/aromatic N) is 1. The number of hydrogen-bond acceptors (Lipinski definition) is 2. The molecule has 1 fully saturated rings. The van der Waals surface area contributed by atoms with Crippen LogP contribution in [0.25, 0.3) is 0 Å². The van der Waals surface area contributed by atoms with Crippen molar-refractivity contribution < 1.29 is 4.79 Å². The van der Waals surface area contributed by atoms with Crippen LogP contribution >= 0.6 is 0 Å². The van der Waals surface area contributed by atoms with Crippen LogP contribution in [0.15, 0.2) is 0 Å². The van der Waals surface area contributed by atoms with Gasteiger partial charge in [-0.15, -0.1) is 0 Å². The van der Waals surface area contributed by atoms with Crippen molar-refractivity contribution in [1.82, 2.24) is 4.90 Å². The minimum atomic E-state index is -0.00345. The first-order valence-electron chi connectivity index (χ1n) is 5.38. The van der Waals surface area contributed by atoms with Crippen LogP contribution in [-0.4, -0.2) is 28.3 Å². The van der Waals surface area contributed by atoms with Gasteiger partial charge in [0.15, 0.2) is 0 Å². The topological polar surface area (TPSA) is 20.3 Å². The molecule has 14 heavy (non-hydrogen) atoms. The van der Waals surface area contributed by atoms with Gasteiger partial charge in [-0.2, -0.15) is 0 Å². The van der Waals surface area contributed by atoms with Crippen LogP contribution in [-0.2, 0) is 4.79 Å². The van der Waals surface area contributed by atoms with Crippen LogP contribution in [0.5, 0.6) is 0 Å². The van der Waals surface area contributed by atoms with E-state index < -0.39 is 0 Å². The zero-order valence-corrected chi connectivity index (χ0v) is 9.89. The maximum absolute atomic E-state index is 11.6. The molecule has 81 valence electrons. The quantitative estimate of drug-likeness (QED) is 0.676. The number of carbonyl (C=O) groups excluding carboxylic acids is 1. The first-order valence-corrected chi connectivity index (χ1v) is 5.38. The Labute approximate surface area is 87.7 Å². The van der Waals surface area contributed by atoms with Gasteiger partial charge < -0.3 is 0 Å². The predicted octanol–water partition coefficient (Wildman–Crippen LogP) is 2.43. The maximum Gasteiger partial charge on any atom is 0.136 e. The number of rotatable bonds is 2. The monoisotopic (exact) mass is 196 g/mol. The summed E-state index contributed by atoms with van der Waals surface area (Å²) in [5.74, 6) is 0.389. The van der Waals surface area contributed by atoms with Gasteiger partial charge in [0.2, 0.25) is 0 Å². The fraction of sp³-hybridized carbons (Fsp3) is 0.833. The normalized spacial score (nSPS) is 26.5. The molecule has 1 aliphatic heterocycles. The van der Waals surface area contributed by atoms with Gasteiger partial charge in [0, 0.05) is 23.9 Å². The summed E-state index contributed by atoms with van der Waals surface area (Å²) in [5.41, 5.74) is -0.00690. The number of hydrogen-bond donors (Lipinski definition) is 0. The summed E-state index contributed by atoms with van der Waals surface area (Å²) in [6.45, 7) is 13.5. The Morgan fingerprint density at radius 2 is 1.64 bits per heavy atom. The van der Waals surface area contributed by atoms with E-state index in [0.717, 1.165) is 13.0 Å². The highest BCUT2D eigenvalue weighted by Crippen LogP contribution is 2.36. The first kappa shape index (κ1) is 11.7. The van der Waals surface area contributed by atoms with E-state index in [9.17, 15) is 4.79 Å². The predicted molar refractivity (Wildman–Crippen MR) is 59.1 cm³/mol. The van der Waals surface area contributed by atoms with Crippen LogP contribution in [0.3, 0.4) is 0 Å². The lowest BCUT2D eigenvalue weighted by atomic mass is 9.79. The Morgan fingerprint density at radius 1 is 1.21 bits per heavy atom. The van der Waals surface area contributed by atoms with Gasteiger partial charge in [-0.3, -0.25) is 9.69 Å². The maximum atomic E-state index is 11.6. The highest BCUT2D eigenvalue weighted by Gasteiger charge is 2.43. The molecule has 0 aliphatic carbocycles. The fourth-order valence-electron chi connectivity index (χ4n) is 2.80. The number of ketones is 1. The van der Waals surface area contributed by atoms with E-state index in [2.05, 4.69) is 39.5 Å². The Balaban J connectivity index is 2.90. The van der Waals surface area contributed by atoms with Crippen molar-refractivity contribution in [3.05, 3.63) is 6.92 Å². The molecule has 0 spiro atoms. The van der Waals surface area contributed by atoms with E-state index in [1.807, 2.05) is 0 Å². The summed E-state index contributed by atoms with van der Waals surface area (Å²) in [7, 11) is 0. The molecule has 0 unspecified atom stereocenters. The Kier molecular flexibility index (Phi) is 3.05. The van der Waals surface area contributed by atoms with E-state index in [1.165, 1.54) is 0 Å². The van der Waals surface area contributed by atoms with Crippen molar-refractivity contribution in [3.63, 3.8) is 0 Å². The van der Waals surface area contributed by atoms with Crippen molar-refractivity contribution >= 4 is 5.78 Å². The molecule has 0 aromatic carbocycles. The first-order chi connectivity index (χ1) is 6.29. The summed E-state index contributed by atoms with van der Waals surface area (Å²) in [5, 5.41) is 0.